The summed E-state index contributed by atoms with van der Waals surface area (Å²) in [5, 5.41) is 34.4. The van der Waals surface area contributed by atoms with Crippen molar-refractivity contribution in [3.63, 3.8) is 0 Å². The number of nitro groups is 1. The summed E-state index contributed by atoms with van der Waals surface area (Å²) in [7, 11) is 0. The molecule has 0 atom stereocenters. The molecule has 1 aromatic heterocycles. The highest BCUT2D eigenvalue weighted by molar-refractivity contribution is 7.99. The molecule has 0 saturated carbocycles. The maximum Gasteiger partial charge on any atom is 0.270 e. The Balaban J connectivity index is 1.51. The lowest BCUT2D eigenvalue weighted by Crippen LogP contribution is -2.20. The van der Waals surface area contributed by atoms with Crippen LogP contribution in [-0.2, 0) is 11.2 Å². The molecule has 37 heavy (non-hydrogen) atoms. The molecule has 3 aromatic carbocycles. The molecule has 0 fully saturated rings. The van der Waals surface area contributed by atoms with Gasteiger partial charge in [-0.2, -0.15) is 5.10 Å². The molecule has 186 valence electrons. The second kappa shape index (κ2) is 11.8. The van der Waals surface area contributed by atoms with Gasteiger partial charge in [-0.3, -0.25) is 19.5 Å². The molecule has 0 spiro atoms. The molecule has 0 radical (unpaired) electrons. The molecule has 4 aromatic rings. The number of para-hydroxylation sites is 2. The Kier molecular flexibility index (Phi) is 8.06. The van der Waals surface area contributed by atoms with E-state index in [4.69, 9.17) is 0 Å². The molecular weight excluding hydrogens is 492 g/mol. The number of benzene rings is 3. The van der Waals surface area contributed by atoms with Crippen LogP contribution in [0.1, 0.15) is 11.1 Å². The van der Waals surface area contributed by atoms with E-state index in [0.29, 0.717) is 34.1 Å². The first-order chi connectivity index (χ1) is 18.0. The Morgan fingerprint density at radius 1 is 1.14 bits per heavy atom. The quantitative estimate of drug-likeness (QED) is 0.104. The van der Waals surface area contributed by atoms with Gasteiger partial charge in [0.1, 0.15) is 5.75 Å². The number of nitro benzene ring substituents is 1. The van der Waals surface area contributed by atoms with E-state index in [1.165, 1.54) is 18.3 Å². The van der Waals surface area contributed by atoms with Gasteiger partial charge in [0.05, 0.1) is 16.9 Å². The number of rotatable bonds is 10. The lowest BCUT2D eigenvalue weighted by atomic mass is 10.1. The normalized spacial score (nSPS) is 10.9. The van der Waals surface area contributed by atoms with Gasteiger partial charge in [-0.25, -0.2) is 5.43 Å². The van der Waals surface area contributed by atoms with E-state index in [2.05, 4.69) is 27.3 Å². The third-order valence-electron chi connectivity index (χ3n) is 5.20. The maximum atomic E-state index is 12.5. The topological polar surface area (TPSA) is 136 Å². The van der Waals surface area contributed by atoms with Crippen molar-refractivity contribution in [2.75, 3.05) is 5.75 Å². The summed E-state index contributed by atoms with van der Waals surface area (Å²) in [4.78, 5) is 23.2. The van der Waals surface area contributed by atoms with Gasteiger partial charge in [0.25, 0.3) is 11.6 Å². The van der Waals surface area contributed by atoms with E-state index in [0.717, 1.165) is 17.4 Å². The summed E-state index contributed by atoms with van der Waals surface area (Å²) in [5.41, 5.74) is 4.82. The SMILES string of the molecule is C=CCc1cccc(/C=N/NC(=O)CSc2nnc(-c3cccc([N+](=O)[O-])c3)n2-c2ccccc2)c1O. The smallest absolute Gasteiger partial charge is 0.270 e. The van der Waals surface area contributed by atoms with Crippen LogP contribution in [0.5, 0.6) is 5.75 Å². The number of hydrogen-bond donors (Lipinski definition) is 2. The Hall–Kier alpha value is -4.77. The predicted octanol–water partition coefficient (Wildman–Crippen LogP) is 4.52. The summed E-state index contributed by atoms with van der Waals surface area (Å²) >= 11 is 1.14. The number of non-ortho nitro benzene ring substituents is 1. The first kappa shape index (κ1) is 25.3. The zero-order valence-electron chi connectivity index (χ0n) is 19.5. The van der Waals surface area contributed by atoms with Crippen molar-refractivity contribution in [2.24, 2.45) is 5.10 Å². The van der Waals surface area contributed by atoms with Crippen molar-refractivity contribution in [1.29, 1.82) is 0 Å². The van der Waals surface area contributed by atoms with E-state index < -0.39 is 4.92 Å². The van der Waals surface area contributed by atoms with E-state index in [9.17, 15) is 20.0 Å². The zero-order chi connectivity index (χ0) is 26.2. The number of thioether (sulfide) groups is 1. The number of nitrogens with one attached hydrogen (secondary N) is 1. The molecule has 0 bridgehead atoms. The van der Waals surface area contributed by atoms with Crippen molar-refractivity contribution in [1.82, 2.24) is 20.2 Å². The van der Waals surface area contributed by atoms with Gasteiger partial charge in [0.2, 0.25) is 0 Å². The number of amides is 1. The van der Waals surface area contributed by atoms with E-state index in [-0.39, 0.29) is 23.1 Å². The monoisotopic (exact) mass is 514 g/mol. The molecule has 4 rings (SSSR count). The Labute approximate surface area is 216 Å². The fraction of sp³-hybridized carbons (Fsp3) is 0.0769. The standard InChI is InChI=1S/C26H22N6O4S/c1-2-8-18-9-6-11-20(24(18)34)16-27-28-23(33)17-37-26-30-29-25(31(26)21-12-4-3-5-13-21)19-10-7-14-22(15-19)32(35)36/h2-7,9-16,34H,1,8,17H2,(H,28,33)/b27-16+. The molecule has 11 heteroatoms. The van der Waals surface area contributed by atoms with Crippen molar-refractivity contribution >= 4 is 29.6 Å². The number of allylic oxidation sites excluding steroid dienone is 1. The first-order valence-electron chi connectivity index (χ1n) is 11.1. The molecule has 0 aliphatic rings. The van der Waals surface area contributed by atoms with Crippen LogP contribution in [0.15, 0.2) is 95.7 Å². The van der Waals surface area contributed by atoms with Gasteiger partial charge in [-0.1, -0.05) is 60.3 Å². The molecule has 0 unspecified atom stereocenters. The highest BCUT2D eigenvalue weighted by atomic mass is 32.2. The van der Waals surface area contributed by atoms with Gasteiger partial charge in [0, 0.05) is 28.9 Å². The second-order valence-corrected chi connectivity index (χ2v) is 8.66. The molecule has 0 aliphatic heterocycles. The fourth-order valence-electron chi connectivity index (χ4n) is 3.49. The summed E-state index contributed by atoms with van der Waals surface area (Å²) < 4.78 is 1.74. The second-order valence-electron chi connectivity index (χ2n) is 7.71. The average Bonchev–Trinajstić information content (AvgIpc) is 3.34. The van der Waals surface area contributed by atoms with Crippen LogP contribution >= 0.6 is 11.8 Å². The van der Waals surface area contributed by atoms with Crippen LogP contribution in [0, 0.1) is 10.1 Å². The Bertz CT molecular complexity index is 1470. The molecule has 2 N–H and O–H groups in total. The van der Waals surface area contributed by atoms with Crippen LogP contribution in [-0.4, -0.2) is 42.7 Å². The summed E-state index contributed by atoms with van der Waals surface area (Å²) in [5.74, 6) is 0.0901. The summed E-state index contributed by atoms with van der Waals surface area (Å²) in [6, 6.07) is 20.7. The minimum atomic E-state index is -0.470. The van der Waals surface area contributed by atoms with Crippen molar-refractivity contribution in [2.45, 2.75) is 11.6 Å². The van der Waals surface area contributed by atoms with E-state index >= 15 is 0 Å². The van der Waals surface area contributed by atoms with Crippen LogP contribution < -0.4 is 5.43 Å². The number of aromatic hydroxyl groups is 1. The minimum absolute atomic E-state index is 0.0142. The fourth-order valence-corrected chi connectivity index (χ4v) is 4.23. The highest BCUT2D eigenvalue weighted by Gasteiger charge is 2.19. The highest BCUT2D eigenvalue weighted by Crippen LogP contribution is 2.29. The van der Waals surface area contributed by atoms with Gasteiger partial charge in [-0.15, -0.1) is 16.8 Å². The number of aromatic nitrogens is 3. The van der Waals surface area contributed by atoms with Crippen molar-refractivity contribution < 1.29 is 14.8 Å². The molecule has 0 aliphatic carbocycles. The third-order valence-corrected chi connectivity index (χ3v) is 6.13. The van der Waals surface area contributed by atoms with Crippen molar-refractivity contribution in [3.05, 3.63) is 107 Å². The van der Waals surface area contributed by atoms with Crippen LogP contribution in [0.25, 0.3) is 17.1 Å². The first-order valence-corrected chi connectivity index (χ1v) is 12.1. The van der Waals surface area contributed by atoms with E-state index in [1.54, 1.807) is 41.0 Å². The maximum absolute atomic E-state index is 12.5. The average molecular weight is 515 g/mol. The minimum Gasteiger partial charge on any atom is -0.507 e. The number of hydrogen-bond acceptors (Lipinski definition) is 8. The summed E-state index contributed by atoms with van der Waals surface area (Å²) in [6.45, 7) is 3.67. The van der Waals surface area contributed by atoms with E-state index in [1.807, 2.05) is 30.3 Å². The number of carbonyl (C=O) groups excluding carboxylic acids is 1. The number of carbonyl (C=O) groups is 1. The van der Waals surface area contributed by atoms with Gasteiger partial charge in [0.15, 0.2) is 11.0 Å². The molecule has 10 nitrogen and oxygen atoms in total. The van der Waals surface area contributed by atoms with Crippen LogP contribution in [0.3, 0.4) is 0 Å². The molecule has 1 amide bonds. The molecule has 0 saturated heterocycles. The predicted molar refractivity (Wildman–Crippen MR) is 142 cm³/mol. The summed E-state index contributed by atoms with van der Waals surface area (Å²) in [6.07, 6.45) is 3.57. The lowest BCUT2D eigenvalue weighted by Gasteiger charge is -2.10. The Morgan fingerprint density at radius 2 is 1.92 bits per heavy atom. The molecule has 1 heterocycles. The number of phenols is 1. The zero-order valence-corrected chi connectivity index (χ0v) is 20.3. The number of nitrogens with zero attached hydrogens (tertiary/aromatic N) is 5. The van der Waals surface area contributed by atoms with Gasteiger partial charge >= 0.3 is 0 Å². The number of hydrazone groups is 1. The molecular formula is C26H22N6O4S. The lowest BCUT2D eigenvalue weighted by molar-refractivity contribution is -0.384. The van der Waals surface area contributed by atoms with Crippen LogP contribution in [0.2, 0.25) is 0 Å². The largest absolute Gasteiger partial charge is 0.507 e. The van der Waals surface area contributed by atoms with Gasteiger partial charge in [-0.05, 0) is 30.2 Å². The van der Waals surface area contributed by atoms with Crippen LogP contribution in [0.4, 0.5) is 5.69 Å². The Morgan fingerprint density at radius 3 is 2.68 bits per heavy atom. The number of phenolic OH excluding ortho intramolecular Hbond substituents is 1. The van der Waals surface area contributed by atoms with Gasteiger partial charge < -0.3 is 5.11 Å². The third kappa shape index (κ3) is 6.08. The van der Waals surface area contributed by atoms with Crippen molar-refractivity contribution in [3.8, 4) is 22.8 Å².